The number of hydrogen-bond donors (Lipinski definition) is 2. The number of ether oxygens (including phenoxy) is 1. The van der Waals surface area contributed by atoms with E-state index in [2.05, 4.69) is 10.6 Å². The van der Waals surface area contributed by atoms with E-state index in [1.54, 1.807) is 0 Å². The molecule has 2 aliphatic heterocycles. The Hall–Kier alpha value is -0.610. The van der Waals surface area contributed by atoms with E-state index in [1.165, 1.54) is 19.3 Å². The van der Waals surface area contributed by atoms with Crippen LogP contribution in [0.5, 0.6) is 0 Å². The lowest BCUT2D eigenvalue weighted by atomic mass is 9.93. The molecule has 102 valence electrons. The topological polar surface area (TPSA) is 50.4 Å². The van der Waals surface area contributed by atoms with Crippen LogP contribution in [0.1, 0.15) is 32.1 Å². The summed E-state index contributed by atoms with van der Waals surface area (Å²) >= 11 is 0. The van der Waals surface area contributed by atoms with Crippen molar-refractivity contribution in [2.24, 2.45) is 17.8 Å². The molecule has 0 spiro atoms. The van der Waals surface area contributed by atoms with Gasteiger partial charge < -0.3 is 15.4 Å². The van der Waals surface area contributed by atoms with Crippen molar-refractivity contribution in [2.45, 2.75) is 38.1 Å². The van der Waals surface area contributed by atoms with Gasteiger partial charge in [-0.05, 0) is 50.0 Å². The Morgan fingerprint density at radius 2 is 2.28 bits per heavy atom. The minimum Gasteiger partial charge on any atom is -0.381 e. The highest BCUT2D eigenvalue weighted by molar-refractivity contribution is 5.82. The highest BCUT2D eigenvalue weighted by Gasteiger charge is 2.42. The molecule has 1 amide bonds. The van der Waals surface area contributed by atoms with Crippen LogP contribution < -0.4 is 10.6 Å². The number of rotatable bonds is 4. The van der Waals surface area contributed by atoms with Crippen molar-refractivity contribution in [1.29, 1.82) is 0 Å². The zero-order valence-electron chi connectivity index (χ0n) is 11.0. The zero-order chi connectivity index (χ0) is 12.4. The highest BCUT2D eigenvalue weighted by atomic mass is 16.5. The number of nitrogens with one attached hydrogen (secondary N) is 2. The van der Waals surface area contributed by atoms with E-state index in [0.717, 1.165) is 45.1 Å². The highest BCUT2D eigenvalue weighted by Crippen LogP contribution is 2.37. The Labute approximate surface area is 109 Å². The fourth-order valence-corrected chi connectivity index (χ4v) is 3.80. The lowest BCUT2D eigenvalue weighted by molar-refractivity contribution is -0.123. The molecule has 4 unspecified atom stereocenters. The maximum absolute atomic E-state index is 12.2. The molecule has 0 aromatic heterocycles. The van der Waals surface area contributed by atoms with Gasteiger partial charge >= 0.3 is 0 Å². The number of carbonyl (C=O) groups excluding carboxylic acids is 1. The van der Waals surface area contributed by atoms with Crippen molar-refractivity contribution in [3.05, 3.63) is 0 Å². The summed E-state index contributed by atoms with van der Waals surface area (Å²) in [7, 11) is 0. The lowest BCUT2D eigenvalue weighted by Crippen LogP contribution is -2.44. The fourth-order valence-electron chi connectivity index (χ4n) is 3.80. The van der Waals surface area contributed by atoms with Gasteiger partial charge in [-0.1, -0.05) is 6.42 Å². The van der Waals surface area contributed by atoms with Gasteiger partial charge in [-0.25, -0.2) is 0 Å². The summed E-state index contributed by atoms with van der Waals surface area (Å²) in [6, 6.07) is 0.0809. The Kier molecular flexibility index (Phi) is 3.85. The van der Waals surface area contributed by atoms with Crippen molar-refractivity contribution >= 4 is 5.91 Å². The first-order chi connectivity index (χ1) is 8.84. The summed E-state index contributed by atoms with van der Waals surface area (Å²) in [5.74, 6) is 2.23. The second-order valence-electron chi connectivity index (χ2n) is 6.05. The molecule has 0 aromatic carbocycles. The van der Waals surface area contributed by atoms with E-state index in [1.807, 2.05) is 0 Å². The third-order valence-corrected chi connectivity index (χ3v) is 4.90. The zero-order valence-corrected chi connectivity index (χ0v) is 11.0. The van der Waals surface area contributed by atoms with Gasteiger partial charge in [0.05, 0.1) is 6.04 Å². The first kappa shape index (κ1) is 12.4. The van der Waals surface area contributed by atoms with E-state index in [4.69, 9.17) is 4.74 Å². The largest absolute Gasteiger partial charge is 0.381 e. The van der Waals surface area contributed by atoms with Crippen LogP contribution in [0.3, 0.4) is 0 Å². The number of amides is 1. The summed E-state index contributed by atoms with van der Waals surface area (Å²) in [5.41, 5.74) is 0. The molecule has 4 atom stereocenters. The van der Waals surface area contributed by atoms with Crippen LogP contribution in [0, 0.1) is 17.8 Å². The molecule has 18 heavy (non-hydrogen) atoms. The molecule has 1 aliphatic carbocycles. The average molecular weight is 252 g/mol. The summed E-state index contributed by atoms with van der Waals surface area (Å²) in [6.07, 6.45) is 6.06. The monoisotopic (exact) mass is 252 g/mol. The van der Waals surface area contributed by atoms with E-state index in [0.29, 0.717) is 11.8 Å². The molecular weight excluding hydrogens is 228 g/mol. The molecule has 3 rings (SSSR count). The summed E-state index contributed by atoms with van der Waals surface area (Å²) in [4.78, 5) is 12.2. The van der Waals surface area contributed by atoms with Crippen LogP contribution in [0.15, 0.2) is 0 Å². The minimum absolute atomic E-state index is 0.0809. The van der Waals surface area contributed by atoms with Gasteiger partial charge in [0.15, 0.2) is 0 Å². The lowest BCUT2D eigenvalue weighted by Gasteiger charge is -2.18. The Morgan fingerprint density at radius 1 is 1.33 bits per heavy atom. The Bertz CT molecular complexity index is 302. The second kappa shape index (κ2) is 5.57. The van der Waals surface area contributed by atoms with Crippen molar-refractivity contribution in [3.8, 4) is 0 Å². The molecular formula is C14H24N2O2. The second-order valence-corrected chi connectivity index (χ2v) is 6.05. The van der Waals surface area contributed by atoms with Crippen molar-refractivity contribution in [2.75, 3.05) is 26.3 Å². The molecule has 2 N–H and O–H groups in total. The first-order valence-electron chi connectivity index (χ1n) is 7.43. The van der Waals surface area contributed by atoms with Crippen LogP contribution in [-0.2, 0) is 9.53 Å². The average Bonchev–Trinajstić information content (AvgIpc) is 3.05. The van der Waals surface area contributed by atoms with Crippen molar-refractivity contribution in [1.82, 2.24) is 10.6 Å². The van der Waals surface area contributed by atoms with E-state index >= 15 is 0 Å². The molecule has 0 radical (unpaired) electrons. The van der Waals surface area contributed by atoms with Gasteiger partial charge in [0, 0.05) is 19.8 Å². The van der Waals surface area contributed by atoms with Crippen molar-refractivity contribution < 1.29 is 9.53 Å². The maximum atomic E-state index is 12.2. The minimum atomic E-state index is 0.0809. The predicted molar refractivity (Wildman–Crippen MR) is 69.2 cm³/mol. The standard InChI is InChI=1S/C14H24N2O2/c17-14(15-6-4-10-5-7-18-9-10)13-12-3-1-2-11(12)8-16-13/h10-13,16H,1-9H2,(H,15,17). The van der Waals surface area contributed by atoms with Gasteiger partial charge in [-0.15, -0.1) is 0 Å². The van der Waals surface area contributed by atoms with Crippen LogP contribution in [0.4, 0.5) is 0 Å². The number of hydrogen-bond acceptors (Lipinski definition) is 3. The number of carbonyl (C=O) groups is 1. The summed E-state index contributed by atoms with van der Waals surface area (Å²) in [6.45, 7) is 3.62. The Balaban J connectivity index is 1.41. The Morgan fingerprint density at radius 3 is 3.11 bits per heavy atom. The van der Waals surface area contributed by atoms with Crippen LogP contribution in [0.25, 0.3) is 0 Å². The smallest absolute Gasteiger partial charge is 0.237 e. The van der Waals surface area contributed by atoms with Gasteiger partial charge in [-0.2, -0.15) is 0 Å². The van der Waals surface area contributed by atoms with E-state index < -0.39 is 0 Å². The molecule has 3 aliphatic rings. The summed E-state index contributed by atoms with van der Waals surface area (Å²) < 4.78 is 5.35. The van der Waals surface area contributed by atoms with Gasteiger partial charge in [-0.3, -0.25) is 4.79 Å². The molecule has 2 saturated heterocycles. The van der Waals surface area contributed by atoms with Gasteiger partial charge in [0.2, 0.25) is 5.91 Å². The number of fused-ring (bicyclic) bond motifs is 1. The van der Waals surface area contributed by atoms with E-state index in [-0.39, 0.29) is 11.9 Å². The molecule has 2 heterocycles. The van der Waals surface area contributed by atoms with Crippen LogP contribution in [0.2, 0.25) is 0 Å². The van der Waals surface area contributed by atoms with Crippen LogP contribution >= 0.6 is 0 Å². The molecule has 4 heteroatoms. The molecule has 4 nitrogen and oxygen atoms in total. The normalized spacial score (nSPS) is 38.9. The SMILES string of the molecule is O=C(NCCC1CCOC1)C1NCC2CCCC21. The van der Waals surface area contributed by atoms with Gasteiger partial charge in [0.25, 0.3) is 0 Å². The third kappa shape index (κ3) is 2.54. The molecule has 1 saturated carbocycles. The molecule has 0 bridgehead atoms. The van der Waals surface area contributed by atoms with Crippen molar-refractivity contribution in [3.63, 3.8) is 0 Å². The summed E-state index contributed by atoms with van der Waals surface area (Å²) in [5, 5.41) is 6.51. The van der Waals surface area contributed by atoms with Crippen LogP contribution in [-0.4, -0.2) is 38.3 Å². The molecule has 0 aromatic rings. The first-order valence-corrected chi connectivity index (χ1v) is 7.43. The van der Waals surface area contributed by atoms with E-state index in [9.17, 15) is 4.79 Å². The van der Waals surface area contributed by atoms with Gasteiger partial charge in [0.1, 0.15) is 0 Å². The maximum Gasteiger partial charge on any atom is 0.237 e. The third-order valence-electron chi connectivity index (χ3n) is 4.90. The molecule has 3 fully saturated rings. The predicted octanol–water partition coefficient (Wildman–Crippen LogP) is 0.917. The quantitative estimate of drug-likeness (QED) is 0.782. The fraction of sp³-hybridized carbons (Fsp3) is 0.929.